The predicted octanol–water partition coefficient (Wildman–Crippen LogP) is 3.98. The molecule has 2 aromatic rings. The maximum absolute atomic E-state index is 6.00. The minimum absolute atomic E-state index is 0.477. The third-order valence-corrected chi connectivity index (χ3v) is 3.21. The fourth-order valence-corrected chi connectivity index (χ4v) is 2.07. The molecule has 0 bridgehead atoms. The van der Waals surface area contributed by atoms with Gasteiger partial charge >= 0.3 is 0 Å². The van der Waals surface area contributed by atoms with Gasteiger partial charge in [0, 0.05) is 31.1 Å². The highest BCUT2D eigenvalue weighted by molar-refractivity contribution is 6.30. The lowest BCUT2D eigenvalue weighted by molar-refractivity contribution is 0.859. The van der Waals surface area contributed by atoms with Crippen LogP contribution in [0.4, 0.5) is 5.82 Å². The highest BCUT2D eigenvalue weighted by Gasteiger charge is 2.07. The molecule has 3 nitrogen and oxygen atoms in total. The summed E-state index contributed by atoms with van der Waals surface area (Å²) in [5.41, 5.74) is 1.17. The summed E-state index contributed by atoms with van der Waals surface area (Å²) in [4.78, 5) is 10.7. The molecule has 0 spiro atoms. The van der Waals surface area contributed by atoms with Crippen LogP contribution >= 0.6 is 23.2 Å². The lowest BCUT2D eigenvalue weighted by Gasteiger charge is -2.19. The molecule has 5 heteroatoms. The van der Waals surface area contributed by atoms with Crippen LogP contribution in [0.5, 0.6) is 0 Å². The SMILES string of the molecule is CCc1nc(Cl)cc(N(C)Cc2ccc(Cl)cc2)n1. The van der Waals surface area contributed by atoms with Gasteiger partial charge in [-0.15, -0.1) is 0 Å². The van der Waals surface area contributed by atoms with E-state index in [1.807, 2.05) is 43.1 Å². The van der Waals surface area contributed by atoms with Gasteiger partial charge in [0.15, 0.2) is 0 Å². The predicted molar refractivity (Wildman–Crippen MR) is 80.0 cm³/mol. The number of benzene rings is 1. The summed E-state index contributed by atoms with van der Waals surface area (Å²) in [6, 6.07) is 9.55. The monoisotopic (exact) mass is 295 g/mol. The molecular formula is C14H15Cl2N3. The third-order valence-electron chi connectivity index (χ3n) is 2.77. The molecule has 1 heterocycles. The van der Waals surface area contributed by atoms with Gasteiger partial charge in [-0.25, -0.2) is 9.97 Å². The van der Waals surface area contributed by atoms with Crippen LogP contribution in [-0.4, -0.2) is 17.0 Å². The zero-order chi connectivity index (χ0) is 13.8. The van der Waals surface area contributed by atoms with Crippen LogP contribution in [0.2, 0.25) is 10.2 Å². The Balaban J connectivity index is 2.17. The van der Waals surface area contributed by atoms with Crippen LogP contribution < -0.4 is 4.90 Å². The van der Waals surface area contributed by atoms with E-state index < -0.39 is 0 Å². The molecule has 19 heavy (non-hydrogen) atoms. The van der Waals surface area contributed by atoms with E-state index in [2.05, 4.69) is 9.97 Å². The molecule has 0 amide bonds. The van der Waals surface area contributed by atoms with Crippen LogP contribution in [0, 0.1) is 0 Å². The number of aromatic nitrogens is 2. The lowest BCUT2D eigenvalue weighted by atomic mass is 10.2. The number of anilines is 1. The van der Waals surface area contributed by atoms with Crippen LogP contribution in [0.3, 0.4) is 0 Å². The zero-order valence-corrected chi connectivity index (χ0v) is 12.4. The van der Waals surface area contributed by atoms with Crippen molar-refractivity contribution in [3.8, 4) is 0 Å². The van der Waals surface area contributed by atoms with E-state index in [0.717, 1.165) is 29.6 Å². The second-order valence-electron chi connectivity index (χ2n) is 4.30. The molecule has 0 saturated carbocycles. The van der Waals surface area contributed by atoms with Crippen LogP contribution in [0.15, 0.2) is 30.3 Å². The van der Waals surface area contributed by atoms with Crippen molar-refractivity contribution in [2.45, 2.75) is 19.9 Å². The van der Waals surface area contributed by atoms with E-state index in [9.17, 15) is 0 Å². The summed E-state index contributed by atoms with van der Waals surface area (Å²) in [6.07, 6.45) is 0.766. The van der Waals surface area contributed by atoms with Crippen molar-refractivity contribution < 1.29 is 0 Å². The second-order valence-corrected chi connectivity index (χ2v) is 5.12. The van der Waals surface area contributed by atoms with Gasteiger partial charge in [0.2, 0.25) is 0 Å². The van der Waals surface area contributed by atoms with Gasteiger partial charge in [0.1, 0.15) is 16.8 Å². The number of halogens is 2. The number of nitrogens with zero attached hydrogens (tertiary/aromatic N) is 3. The third kappa shape index (κ3) is 3.82. The molecule has 0 fully saturated rings. The van der Waals surface area contributed by atoms with E-state index in [1.54, 1.807) is 6.07 Å². The van der Waals surface area contributed by atoms with Gasteiger partial charge in [-0.2, -0.15) is 0 Å². The molecule has 1 aromatic heterocycles. The van der Waals surface area contributed by atoms with Gasteiger partial charge in [-0.3, -0.25) is 0 Å². The van der Waals surface area contributed by atoms with E-state index in [-0.39, 0.29) is 0 Å². The molecule has 0 saturated heterocycles. The first-order chi connectivity index (χ1) is 9.08. The number of rotatable bonds is 4. The van der Waals surface area contributed by atoms with Crippen molar-refractivity contribution in [3.05, 3.63) is 51.9 Å². The molecule has 1 aromatic carbocycles. The average Bonchev–Trinajstić information content (AvgIpc) is 2.40. The molecule has 100 valence electrons. The number of hydrogen-bond acceptors (Lipinski definition) is 3. The van der Waals surface area contributed by atoms with Crippen molar-refractivity contribution in [2.75, 3.05) is 11.9 Å². The first kappa shape index (κ1) is 14.1. The highest BCUT2D eigenvalue weighted by atomic mass is 35.5. The smallest absolute Gasteiger partial charge is 0.134 e. The van der Waals surface area contributed by atoms with Crippen molar-refractivity contribution >= 4 is 29.0 Å². The van der Waals surface area contributed by atoms with Crippen molar-refractivity contribution in [1.82, 2.24) is 9.97 Å². The Hall–Kier alpha value is -1.32. The summed E-state index contributed by atoms with van der Waals surface area (Å²) in [5, 5.41) is 1.22. The normalized spacial score (nSPS) is 10.5. The Morgan fingerprint density at radius 2 is 1.79 bits per heavy atom. The summed E-state index contributed by atoms with van der Waals surface area (Å²) < 4.78 is 0. The fourth-order valence-electron chi connectivity index (χ4n) is 1.75. The van der Waals surface area contributed by atoms with Crippen LogP contribution in [-0.2, 0) is 13.0 Å². The largest absolute Gasteiger partial charge is 0.355 e. The second kappa shape index (κ2) is 6.22. The van der Waals surface area contributed by atoms with E-state index in [1.165, 1.54) is 5.56 Å². The van der Waals surface area contributed by atoms with Crippen LogP contribution in [0.1, 0.15) is 18.3 Å². The molecule has 0 aliphatic heterocycles. The van der Waals surface area contributed by atoms with Crippen molar-refractivity contribution in [1.29, 1.82) is 0 Å². The van der Waals surface area contributed by atoms with Crippen LogP contribution in [0.25, 0.3) is 0 Å². The van der Waals surface area contributed by atoms with Gasteiger partial charge < -0.3 is 4.90 Å². The van der Waals surface area contributed by atoms with Gasteiger partial charge in [0.25, 0.3) is 0 Å². The Bertz CT molecular complexity index is 555. The van der Waals surface area contributed by atoms with Gasteiger partial charge in [-0.05, 0) is 17.7 Å². The maximum Gasteiger partial charge on any atom is 0.134 e. The van der Waals surface area contributed by atoms with E-state index >= 15 is 0 Å². The van der Waals surface area contributed by atoms with Gasteiger partial charge in [0.05, 0.1) is 0 Å². The molecule has 0 unspecified atom stereocenters. The Morgan fingerprint density at radius 3 is 2.42 bits per heavy atom. The molecule has 0 aliphatic rings. The summed E-state index contributed by atoms with van der Waals surface area (Å²) >= 11 is 11.9. The highest BCUT2D eigenvalue weighted by Crippen LogP contribution is 2.18. The zero-order valence-electron chi connectivity index (χ0n) is 10.9. The molecule has 2 rings (SSSR count). The first-order valence-electron chi connectivity index (χ1n) is 6.07. The Morgan fingerprint density at radius 1 is 1.11 bits per heavy atom. The standard InChI is InChI=1S/C14H15Cl2N3/c1-3-13-17-12(16)8-14(18-13)19(2)9-10-4-6-11(15)7-5-10/h4-8H,3,9H2,1-2H3. The minimum Gasteiger partial charge on any atom is -0.355 e. The number of aryl methyl sites for hydroxylation is 1. The molecule has 0 atom stereocenters. The van der Waals surface area contributed by atoms with Crippen molar-refractivity contribution in [2.24, 2.45) is 0 Å². The lowest BCUT2D eigenvalue weighted by Crippen LogP contribution is -2.18. The average molecular weight is 296 g/mol. The molecule has 0 N–H and O–H groups in total. The van der Waals surface area contributed by atoms with Crippen molar-refractivity contribution in [3.63, 3.8) is 0 Å². The fraction of sp³-hybridized carbons (Fsp3) is 0.286. The number of hydrogen-bond donors (Lipinski definition) is 0. The van der Waals surface area contributed by atoms with E-state index in [0.29, 0.717) is 5.15 Å². The van der Waals surface area contributed by atoms with E-state index in [4.69, 9.17) is 23.2 Å². The maximum atomic E-state index is 6.00. The van der Waals surface area contributed by atoms with Gasteiger partial charge in [-0.1, -0.05) is 42.3 Å². The first-order valence-corrected chi connectivity index (χ1v) is 6.83. The quantitative estimate of drug-likeness (QED) is 0.799. The summed E-state index contributed by atoms with van der Waals surface area (Å²) in [6.45, 7) is 2.75. The summed E-state index contributed by atoms with van der Waals surface area (Å²) in [5.74, 6) is 1.58. The summed E-state index contributed by atoms with van der Waals surface area (Å²) in [7, 11) is 1.98. The Kier molecular flexibility index (Phi) is 4.61. The topological polar surface area (TPSA) is 29.0 Å². The minimum atomic E-state index is 0.477. The molecular weight excluding hydrogens is 281 g/mol. The molecule has 0 aliphatic carbocycles. The Labute approximate surface area is 123 Å². The molecule has 0 radical (unpaired) electrons.